The zero-order valence-electron chi connectivity index (χ0n) is 14.4. The molecule has 1 amide bonds. The first kappa shape index (κ1) is 21.5. The van der Waals surface area contributed by atoms with Crippen molar-refractivity contribution in [2.45, 2.75) is 25.9 Å². The quantitative estimate of drug-likeness (QED) is 0.806. The van der Waals surface area contributed by atoms with Crippen LogP contribution in [0.2, 0.25) is 0 Å². The SMILES string of the molecule is CNCC1CCN(C(=O)C=C(C)c2ccccc2C(F)(F)F)CC1.Cl. The van der Waals surface area contributed by atoms with Crippen molar-refractivity contribution in [1.82, 2.24) is 10.2 Å². The van der Waals surface area contributed by atoms with E-state index in [2.05, 4.69) is 5.32 Å². The van der Waals surface area contributed by atoms with Gasteiger partial charge in [0.05, 0.1) is 5.56 Å². The van der Waals surface area contributed by atoms with E-state index in [4.69, 9.17) is 0 Å². The van der Waals surface area contributed by atoms with Crippen molar-refractivity contribution in [3.8, 4) is 0 Å². The smallest absolute Gasteiger partial charge is 0.339 e. The molecular weight excluding hydrogens is 353 g/mol. The van der Waals surface area contributed by atoms with Gasteiger partial charge in [-0.25, -0.2) is 0 Å². The van der Waals surface area contributed by atoms with E-state index in [0.29, 0.717) is 24.6 Å². The van der Waals surface area contributed by atoms with Gasteiger partial charge in [-0.1, -0.05) is 18.2 Å². The summed E-state index contributed by atoms with van der Waals surface area (Å²) >= 11 is 0. The van der Waals surface area contributed by atoms with Crippen molar-refractivity contribution < 1.29 is 18.0 Å². The van der Waals surface area contributed by atoms with Crippen LogP contribution in [0.25, 0.3) is 5.57 Å². The molecule has 0 bridgehead atoms. The zero-order valence-corrected chi connectivity index (χ0v) is 15.2. The highest BCUT2D eigenvalue weighted by Crippen LogP contribution is 2.34. The Hall–Kier alpha value is -1.53. The molecule has 1 saturated heterocycles. The number of nitrogens with one attached hydrogen (secondary N) is 1. The highest BCUT2D eigenvalue weighted by molar-refractivity contribution is 5.95. The molecule has 0 spiro atoms. The fourth-order valence-corrected chi connectivity index (χ4v) is 3.07. The maximum absolute atomic E-state index is 13.1. The van der Waals surface area contributed by atoms with Gasteiger partial charge in [0.25, 0.3) is 0 Å². The Morgan fingerprint density at radius 1 is 1.28 bits per heavy atom. The summed E-state index contributed by atoms with van der Waals surface area (Å²) in [6.45, 7) is 3.78. The Labute approximate surface area is 152 Å². The zero-order chi connectivity index (χ0) is 17.7. The molecular formula is C18H24ClF3N2O. The van der Waals surface area contributed by atoms with E-state index >= 15 is 0 Å². The summed E-state index contributed by atoms with van der Waals surface area (Å²) in [7, 11) is 1.90. The average molecular weight is 377 g/mol. The summed E-state index contributed by atoms with van der Waals surface area (Å²) in [5, 5.41) is 3.13. The highest BCUT2D eigenvalue weighted by atomic mass is 35.5. The summed E-state index contributed by atoms with van der Waals surface area (Å²) in [6.07, 6.45) is -1.28. The molecule has 140 valence electrons. The lowest BCUT2D eigenvalue weighted by Crippen LogP contribution is -2.39. The Bertz CT molecular complexity index is 609. The van der Waals surface area contributed by atoms with Crippen molar-refractivity contribution in [2.75, 3.05) is 26.7 Å². The molecule has 1 heterocycles. The molecule has 1 aromatic rings. The highest BCUT2D eigenvalue weighted by Gasteiger charge is 2.33. The minimum atomic E-state index is -4.43. The molecule has 1 fully saturated rings. The summed E-state index contributed by atoms with van der Waals surface area (Å²) < 4.78 is 39.3. The minimum Gasteiger partial charge on any atom is -0.339 e. The molecule has 3 nitrogen and oxygen atoms in total. The van der Waals surface area contributed by atoms with Gasteiger partial charge in [-0.15, -0.1) is 12.4 Å². The monoisotopic (exact) mass is 376 g/mol. The number of rotatable bonds is 4. The molecule has 0 radical (unpaired) electrons. The van der Waals surface area contributed by atoms with Crippen molar-refractivity contribution in [3.05, 3.63) is 41.5 Å². The summed E-state index contributed by atoms with van der Waals surface area (Å²) in [5.74, 6) is 0.336. The van der Waals surface area contributed by atoms with Crippen LogP contribution in [0.5, 0.6) is 0 Å². The molecule has 7 heteroatoms. The fourth-order valence-electron chi connectivity index (χ4n) is 3.07. The number of carbonyl (C=O) groups excluding carboxylic acids is 1. The Kier molecular flexibility index (Phi) is 7.96. The van der Waals surface area contributed by atoms with E-state index in [0.717, 1.165) is 25.5 Å². The molecule has 1 aromatic carbocycles. The average Bonchev–Trinajstić information content (AvgIpc) is 2.55. The van der Waals surface area contributed by atoms with Crippen LogP contribution in [0.15, 0.2) is 30.3 Å². The molecule has 25 heavy (non-hydrogen) atoms. The molecule has 1 aliphatic heterocycles. The van der Waals surface area contributed by atoms with Crippen LogP contribution < -0.4 is 5.32 Å². The second-order valence-electron chi connectivity index (χ2n) is 6.20. The molecule has 1 aliphatic rings. The third kappa shape index (κ3) is 5.75. The first-order valence-corrected chi connectivity index (χ1v) is 8.11. The van der Waals surface area contributed by atoms with Gasteiger partial charge in [0.15, 0.2) is 0 Å². The third-order valence-electron chi connectivity index (χ3n) is 4.42. The predicted molar refractivity (Wildman–Crippen MR) is 95.6 cm³/mol. The normalized spacial score (nSPS) is 16.5. The molecule has 0 aliphatic carbocycles. The maximum Gasteiger partial charge on any atom is 0.416 e. The molecule has 0 atom stereocenters. The van der Waals surface area contributed by atoms with Crippen LogP contribution in [-0.4, -0.2) is 37.5 Å². The topological polar surface area (TPSA) is 32.3 Å². The summed E-state index contributed by atoms with van der Waals surface area (Å²) in [5.41, 5.74) is -0.312. The Balaban J connectivity index is 0.00000312. The van der Waals surface area contributed by atoms with Gasteiger partial charge in [0.2, 0.25) is 5.91 Å². The number of alkyl halides is 3. The van der Waals surface area contributed by atoms with E-state index in [-0.39, 0.29) is 23.9 Å². The van der Waals surface area contributed by atoms with Crippen LogP contribution in [0.3, 0.4) is 0 Å². The number of hydrogen-bond donors (Lipinski definition) is 1. The molecule has 0 saturated carbocycles. The van der Waals surface area contributed by atoms with Crippen molar-refractivity contribution in [1.29, 1.82) is 0 Å². The van der Waals surface area contributed by atoms with Gasteiger partial charge in [0.1, 0.15) is 0 Å². The lowest BCUT2D eigenvalue weighted by Gasteiger charge is -2.31. The second-order valence-corrected chi connectivity index (χ2v) is 6.20. The summed E-state index contributed by atoms with van der Waals surface area (Å²) in [4.78, 5) is 14.1. The van der Waals surface area contributed by atoms with Crippen molar-refractivity contribution in [3.63, 3.8) is 0 Å². The van der Waals surface area contributed by atoms with Gasteiger partial charge >= 0.3 is 6.18 Å². The molecule has 0 aromatic heterocycles. The second kappa shape index (κ2) is 9.25. The molecule has 1 N–H and O–H groups in total. The first-order chi connectivity index (χ1) is 11.3. The van der Waals surface area contributed by atoms with E-state index in [9.17, 15) is 18.0 Å². The number of amides is 1. The van der Waals surface area contributed by atoms with Crippen LogP contribution in [-0.2, 0) is 11.0 Å². The maximum atomic E-state index is 13.1. The number of carbonyl (C=O) groups is 1. The van der Waals surface area contributed by atoms with Gasteiger partial charge < -0.3 is 10.2 Å². The Morgan fingerprint density at radius 3 is 2.44 bits per heavy atom. The Morgan fingerprint density at radius 2 is 1.88 bits per heavy atom. The third-order valence-corrected chi connectivity index (χ3v) is 4.42. The largest absolute Gasteiger partial charge is 0.416 e. The van der Waals surface area contributed by atoms with Gasteiger partial charge in [-0.05, 0) is 56.5 Å². The number of benzene rings is 1. The van der Waals surface area contributed by atoms with Crippen LogP contribution in [0, 0.1) is 5.92 Å². The number of allylic oxidation sites excluding steroid dienone is 1. The van der Waals surface area contributed by atoms with Crippen molar-refractivity contribution in [2.24, 2.45) is 5.92 Å². The van der Waals surface area contributed by atoms with Gasteiger partial charge in [0, 0.05) is 19.2 Å². The van der Waals surface area contributed by atoms with E-state index in [1.807, 2.05) is 7.05 Å². The first-order valence-electron chi connectivity index (χ1n) is 8.11. The van der Waals surface area contributed by atoms with Crippen LogP contribution in [0.4, 0.5) is 13.2 Å². The van der Waals surface area contributed by atoms with Crippen molar-refractivity contribution >= 4 is 23.9 Å². The number of halogens is 4. The van der Waals surface area contributed by atoms with Crippen LogP contribution >= 0.6 is 12.4 Å². The lowest BCUT2D eigenvalue weighted by molar-refractivity contribution is -0.137. The van der Waals surface area contributed by atoms with Crippen LogP contribution in [0.1, 0.15) is 30.9 Å². The molecule has 2 rings (SSSR count). The van der Waals surface area contributed by atoms with E-state index in [1.165, 1.54) is 18.2 Å². The lowest BCUT2D eigenvalue weighted by atomic mass is 9.96. The fraction of sp³-hybridized carbons (Fsp3) is 0.500. The predicted octanol–water partition coefficient (Wildman–Crippen LogP) is 3.99. The van der Waals surface area contributed by atoms with Gasteiger partial charge in [-0.2, -0.15) is 13.2 Å². The number of hydrogen-bond acceptors (Lipinski definition) is 2. The summed E-state index contributed by atoms with van der Waals surface area (Å²) in [6, 6.07) is 5.35. The minimum absolute atomic E-state index is 0. The number of likely N-dealkylation sites (tertiary alicyclic amines) is 1. The van der Waals surface area contributed by atoms with E-state index < -0.39 is 11.7 Å². The number of nitrogens with zero attached hydrogens (tertiary/aromatic N) is 1. The standard InChI is InChI=1S/C18H23F3N2O.ClH/c1-13(15-5-3-4-6-16(15)18(19,20)21)11-17(24)23-9-7-14(8-10-23)12-22-2;/h3-6,11,14,22H,7-10,12H2,1-2H3;1H. The number of piperidine rings is 1. The van der Waals surface area contributed by atoms with E-state index in [1.54, 1.807) is 17.9 Å². The molecule has 0 unspecified atom stereocenters. The van der Waals surface area contributed by atoms with Gasteiger partial charge in [-0.3, -0.25) is 4.79 Å².